The number of esters is 1. The van der Waals surface area contributed by atoms with Crippen LogP contribution in [0.5, 0.6) is 0 Å². The van der Waals surface area contributed by atoms with Gasteiger partial charge in [0.15, 0.2) is 9.84 Å². The molecule has 1 aromatic rings. The van der Waals surface area contributed by atoms with Gasteiger partial charge in [0.1, 0.15) is 0 Å². The Morgan fingerprint density at radius 3 is 2.52 bits per heavy atom. The average Bonchev–Trinajstić information content (AvgIpc) is 2.86. The average molecular weight is 338 g/mol. The van der Waals surface area contributed by atoms with Gasteiger partial charge in [-0.3, -0.25) is 4.79 Å². The molecule has 0 bridgehead atoms. The van der Waals surface area contributed by atoms with Crippen molar-refractivity contribution in [2.75, 3.05) is 24.7 Å². The lowest BCUT2D eigenvalue weighted by Gasteiger charge is -2.10. The third-order valence-electron chi connectivity index (χ3n) is 3.28. The van der Waals surface area contributed by atoms with E-state index < -0.39 is 15.8 Å². The van der Waals surface area contributed by atoms with E-state index in [1.54, 1.807) is 30.3 Å². The van der Waals surface area contributed by atoms with E-state index in [2.05, 4.69) is 15.4 Å². The van der Waals surface area contributed by atoms with Crippen LogP contribution >= 0.6 is 0 Å². The molecule has 1 heterocycles. The molecular formula is C15H18N2O5S. The van der Waals surface area contributed by atoms with Crippen molar-refractivity contribution in [3.8, 4) is 0 Å². The molecule has 2 N–H and O–H groups in total. The van der Waals surface area contributed by atoms with Crippen LogP contribution in [0.3, 0.4) is 0 Å². The first-order chi connectivity index (χ1) is 10.9. The molecule has 0 spiro atoms. The van der Waals surface area contributed by atoms with Gasteiger partial charge in [0, 0.05) is 30.1 Å². The number of hydrogen-bond donors (Lipinski definition) is 2. The Labute approximate surface area is 134 Å². The fourth-order valence-corrected chi connectivity index (χ4v) is 3.37. The number of nitrogens with one attached hydrogen (secondary N) is 2. The maximum absolute atomic E-state index is 11.8. The number of anilines is 1. The number of sulfone groups is 1. The quantitative estimate of drug-likeness (QED) is 0.741. The van der Waals surface area contributed by atoms with E-state index >= 15 is 0 Å². The highest BCUT2D eigenvalue weighted by Crippen LogP contribution is 2.11. The first kappa shape index (κ1) is 17.2. The van der Waals surface area contributed by atoms with Gasteiger partial charge in [-0.25, -0.2) is 13.2 Å². The lowest BCUT2D eigenvalue weighted by molar-refractivity contribution is -0.116. The van der Waals surface area contributed by atoms with Gasteiger partial charge in [0.05, 0.1) is 18.4 Å². The monoisotopic (exact) mass is 338 g/mol. The van der Waals surface area contributed by atoms with Crippen molar-refractivity contribution in [3.05, 3.63) is 41.3 Å². The number of rotatable bonds is 6. The van der Waals surface area contributed by atoms with Crippen molar-refractivity contribution in [1.82, 2.24) is 5.32 Å². The van der Waals surface area contributed by atoms with Crippen molar-refractivity contribution < 1.29 is 22.7 Å². The summed E-state index contributed by atoms with van der Waals surface area (Å²) in [7, 11) is -1.79. The third-order valence-corrected chi connectivity index (χ3v) is 4.67. The Balaban J connectivity index is 1.75. The number of methoxy groups -OCH3 is 1. The predicted octanol–water partition coefficient (Wildman–Crippen LogP) is 0.702. The van der Waals surface area contributed by atoms with Gasteiger partial charge in [-0.15, -0.1) is 0 Å². The minimum atomic E-state index is -3.09. The fraction of sp³-hybridized carbons (Fsp3) is 0.333. The zero-order valence-corrected chi connectivity index (χ0v) is 13.4. The van der Waals surface area contributed by atoms with Crippen molar-refractivity contribution in [2.24, 2.45) is 0 Å². The predicted molar refractivity (Wildman–Crippen MR) is 85.7 cm³/mol. The topological polar surface area (TPSA) is 102 Å². The van der Waals surface area contributed by atoms with Crippen LogP contribution in [0.1, 0.15) is 16.8 Å². The molecule has 1 aliphatic heterocycles. The van der Waals surface area contributed by atoms with E-state index in [4.69, 9.17) is 0 Å². The summed E-state index contributed by atoms with van der Waals surface area (Å²) in [5.74, 6) is -0.608. The van der Waals surface area contributed by atoms with Crippen LogP contribution in [0.15, 0.2) is 35.7 Å². The molecule has 0 aromatic heterocycles. The molecule has 1 amide bonds. The van der Waals surface area contributed by atoms with Crippen LogP contribution in [0.2, 0.25) is 0 Å². The molecule has 124 valence electrons. The molecule has 0 radical (unpaired) electrons. The number of hydrogen-bond acceptors (Lipinski definition) is 6. The normalized spacial score (nSPS) is 18.6. The van der Waals surface area contributed by atoms with Crippen LogP contribution < -0.4 is 10.6 Å². The molecule has 1 aliphatic rings. The Kier molecular flexibility index (Phi) is 5.51. The van der Waals surface area contributed by atoms with Crippen LogP contribution in [0, 0.1) is 0 Å². The van der Waals surface area contributed by atoms with E-state index in [1.165, 1.54) is 12.5 Å². The molecule has 0 saturated heterocycles. The standard InChI is InChI=1S/C15H18N2O5S/c1-22-15(19)11-2-4-12(5-3-11)17-14(18)6-8-16-13-7-9-23(20,21)10-13/h2-5,7,9,13,16H,6,8,10H2,1H3,(H,17,18)/t13-/m1/s1. The Morgan fingerprint density at radius 2 is 1.96 bits per heavy atom. The molecule has 0 unspecified atom stereocenters. The summed E-state index contributed by atoms with van der Waals surface area (Å²) >= 11 is 0. The molecule has 23 heavy (non-hydrogen) atoms. The van der Waals surface area contributed by atoms with E-state index in [0.29, 0.717) is 17.8 Å². The molecule has 7 nitrogen and oxygen atoms in total. The number of carbonyl (C=O) groups excluding carboxylic acids is 2. The van der Waals surface area contributed by atoms with E-state index in [0.717, 1.165) is 0 Å². The van der Waals surface area contributed by atoms with Crippen molar-refractivity contribution in [2.45, 2.75) is 12.5 Å². The van der Waals surface area contributed by atoms with E-state index in [-0.39, 0.29) is 24.1 Å². The lowest BCUT2D eigenvalue weighted by Crippen LogP contribution is -2.32. The molecule has 2 rings (SSSR count). The molecular weight excluding hydrogens is 320 g/mol. The van der Waals surface area contributed by atoms with Crippen LogP contribution in [0.25, 0.3) is 0 Å². The van der Waals surface area contributed by atoms with Crippen LogP contribution in [-0.2, 0) is 19.4 Å². The van der Waals surface area contributed by atoms with E-state index in [1.807, 2.05) is 0 Å². The van der Waals surface area contributed by atoms with Crippen LogP contribution in [0.4, 0.5) is 5.69 Å². The smallest absolute Gasteiger partial charge is 0.337 e. The maximum Gasteiger partial charge on any atom is 0.337 e. The summed E-state index contributed by atoms with van der Waals surface area (Å²) in [5.41, 5.74) is 0.979. The number of carbonyl (C=O) groups is 2. The second kappa shape index (κ2) is 7.38. The van der Waals surface area contributed by atoms with Crippen molar-refractivity contribution >= 4 is 27.4 Å². The maximum atomic E-state index is 11.8. The Hall–Kier alpha value is -2.19. The largest absolute Gasteiger partial charge is 0.465 e. The number of ether oxygens (including phenoxy) is 1. The molecule has 1 atom stereocenters. The second-order valence-corrected chi connectivity index (χ2v) is 7.02. The van der Waals surface area contributed by atoms with Gasteiger partial charge in [-0.2, -0.15) is 0 Å². The Morgan fingerprint density at radius 1 is 1.26 bits per heavy atom. The second-order valence-electron chi connectivity index (χ2n) is 5.09. The van der Waals surface area contributed by atoms with Crippen LogP contribution in [-0.4, -0.2) is 45.7 Å². The minimum absolute atomic E-state index is 0.0314. The zero-order chi connectivity index (χ0) is 16.9. The summed E-state index contributed by atoms with van der Waals surface area (Å²) in [6.07, 6.45) is 1.79. The highest BCUT2D eigenvalue weighted by Gasteiger charge is 2.20. The first-order valence-electron chi connectivity index (χ1n) is 7.02. The van der Waals surface area contributed by atoms with E-state index in [9.17, 15) is 18.0 Å². The van der Waals surface area contributed by atoms with Gasteiger partial charge >= 0.3 is 5.97 Å². The Bertz CT molecular complexity index is 710. The van der Waals surface area contributed by atoms with Gasteiger partial charge < -0.3 is 15.4 Å². The highest BCUT2D eigenvalue weighted by atomic mass is 32.2. The summed E-state index contributed by atoms with van der Waals surface area (Å²) in [5, 5.41) is 6.89. The SMILES string of the molecule is COC(=O)c1ccc(NC(=O)CCN[C@@H]2C=CS(=O)(=O)C2)cc1. The summed E-state index contributed by atoms with van der Waals surface area (Å²) < 4.78 is 27.1. The molecule has 8 heteroatoms. The van der Waals surface area contributed by atoms with Crippen molar-refractivity contribution in [3.63, 3.8) is 0 Å². The van der Waals surface area contributed by atoms with Gasteiger partial charge in [0.25, 0.3) is 0 Å². The number of benzene rings is 1. The zero-order valence-electron chi connectivity index (χ0n) is 12.6. The highest BCUT2D eigenvalue weighted by molar-refractivity contribution is 7.94. The summed E-state index contributed by atoms with van der Waals surface area (Å²) in [4.78, 5) is 23.1. The van der Waals surface area contributed by atoms with Crippen molar-refractivity contribution in [1.29, 1.82) is 0 Å². The third kappa shape index (κ3) is 5.19. The molecule has 0 aliphatic carbocycles. The molecule has 1 aromatic carbocycles. The van der Waals surface area contributed by atoms with Gasteiger partial charge in [0.2, 0.25) is 5.91 Å². The molecule has 0 saturated carbocycles. The first-order valence-corrected chi connectivity index (χ1v) is 8.74. The van der Waals surface area contributed by atoms with Gasteiger partial charge in [-0.05, 0) is 24.3 Å². The fourth-order valence-electron chi connectivity index (χ4n) is 2.10. The summed E-state index contributed by atoms with van der Waals surface area (Å²) in [6.45, 7) is 0.372. The molecule has 0 fully saturated rings. The number of amides is 1. The lowest BCUT2D eigenvalue weighted by atomic mass is 10.2. The summed E-state index contributed by atoms with van der Waals surface area (Å²) in [6, 6.07) is 6.11. The minimum Gasteiger partial charge on any atom is -0.465 e. The van der Waals surface area contributed by atoms with Gasteiger partial charge in [-0.1, -0.05) is 6.08 Å².